The van der Waals surface area contributed by atoms with Crippen molar-refractivity contribution in [3.05, 3.63) is 35.3 Å². The maximum absolute atomic E-state index is 12.0. The van der Waals surface area contributed by atoms with Gasteiger partial charge in [-0.2, -0.15) is 0 Å². The van der Waals surface area contributed by atoms with Crippen molar-refractivity contribution in [2.24, 2.45) is 0 Å². The van der Waals surface area contributed by atoms with Crippen LogP contribution in [0.4, 0.5) is 0 Å². The predicted octanol–water partition coefficient (Wildman–Crippen LogP) is 0.967. The molecule has 8 nitrogen and oxygen atoms in total. The third-order valence-corrected chi connectivity index (χ3v) is 3.40. The Morgan fingerprint density at radius 1 is 0.960 bits per heavy atom. The van der Waals surface area contributed by atoms with Gasteiger partial charge in [0.15, 0.2) is 5.79 Å². The summed E-state index contributed by atoms with van der Waals surface area (Å²) in [7, 11) is 0. The molecule has 0 aromatic carbocycles. The van der Waals surface area contributed by atoms with Crippen molar-refractivity contribution in [1.82, 2.24) is 0 Å². The van der Waals surface area contributed by atoms with Crippen LogP contribution in [-0.4, -0.2) is 29.5 Å². The van der Waals surface area contributed by atoms with Gasteiger partial charge in [0, 0.05) is 13.8 Å². The first kappa shape index (κ1) is 18.6. The second-order valence-corrected chi connectivity index (χ2v) is 6.19. The molecule has 2 aliphatic rings. The molecule has 8 heteroatoms. The Bertz CT molecular complexity index is 675. The third kappa shape index (κ3) is 4.20. The minimum atomic E-state index is -1.34. The van der Waals surface area contributed by atoms with E-state index in [9.17, 15) is 19.5 Å². The quantitative estimate of drug-likeness (QED) is 0.418. The van der Waals surface area contributed by atoms with Gasteiger partial charge in [-0.1, -0.05) is 19.4 Å². The molecule has 0 aromatic heterocycles. The second-order valence-electron chi connectivity index (χ2n) is 6.19. The summed E-state index contributed by atoms with van der Waals surface area (Å²) in [5.74, 6) is -6.03. The average Bonchev–Trinajstić information content (AvgIpc) is 2.42. The van der Waals surface area contributed by atoms with Crippen molar-refractivity contribution in [2.45, 2.75) is 52.1 Å². The normalized spacial score (nSPS) is 26.1. The summed E-state index contributed by atoms with van der Waals surface area (Å²) in [5, 5.41) is 12.0. The van der Waals surface area contributed by atoms with Crippen LogP contribution in [0.3, 0.4) is 0 Å². The van der Waals surface area contributed by atoms with Gasteiger partial charge < -0.3 is 24.1 Å². The number of carbonyl (C=O) groups excluding carboxylic acids is 3. The van der Waals surface area contributed by atoms with Gasteiger partial charge >= 0.3 is 17.9 Å². The summed E-state index contributed by atoms with van der Waals surface area (Å²) in [4.78, 5) is 35.5. The maximum atomic E-state index is 12.0. The lowest BCUT2D eigenvalue weighted by atomic mass is 10.1. The highest BCUT2D eigenvalue weighted by Gasteiger charge is 2.38. The second kappa shape index (κ2) is 6.62. The smallest absolute Gasteiger partial charge is 0.348 e. The molecule has 0 bridgehead atoms. The van der Waals surface area contributed by atoms with Crippen LogP contribution in [0.5, 0.6) is 0 Å². The monoisotopic (exact) mass is 351 g/mol. The highest BCUT2D eigenvalue weighted by atomic mass is 16.8. The maximum Gasteiger partial charge on any atom is 0.348 e. The summed E-state index contributed by atoms with van der Waals surface area (Å²) >= 11 is 0. The van der Waals surface area contributed by atoms with E-state index in [0.29, 0.717) is 12.8 Å². The van der Waals surface area contributed by atoms with Crippen LogP contribution in [0.25, 0.3) is 0 Å². The summed E-state index contributed by atoms with van der Waals surface area (Å²) in [6.45, 7) is 6.21. The molecule has 0 aromatic rings. The summed E-state index contributed by atoms with van der Waals surface area (Å²) in [6, 6.07) is 0. The lowest BCUT2D eigenvalue weighted by molar-refractivity contribution is -0.396. The molecule has 1 atom stereocenters. The zero-order valence-corrected chi connectivity index (χ0v) is 14.4. The minimum absolute atomic E-state index is 0.344. The Morgan fingerprint density at radius 2 is 1.56 bits per heavy atom. The van der Waals surface area contributed by atoms with E-state index in [1.54, 1.807) is 0 Å². The molecular formula is C17H19O8-. The topological polar surface area (TPSA) is 111 Å². The molecule has 1 saturated heterocycles. The number of ether oxygens (including phenoxy) is 4. The minimum Gasteiger partial charge on any atom is -0.574 e. The lowest BCUT2D eigenvalue weighted by Crippen LogP contribution is -2.42. The fourth-order valence-electron chi connectivity index (χ4n) is 2.34. The van der Waals surface area contributed by atoms with E-state index < -0.39 is 35.4 Å². The highest BCUT2D eigenvalue weighted by Crippen LogP contribution is 2.29. The van der Waals surface area contributed by atoms with E-state index in [4.69, 9.17) is 18.9 Å². The largest absolute Gasteiger partial charge is 0.574 e. The van der Waals surface area contributed by atoms with Crippen molar-refractivity contribution < 1.29 is 38.4 Å². The number of hydrogen-bond acceptors (Lipinski definition) is 8. The van der Waals surface area contributed by atoms with Crippen LogP contribution in [0, 0.1) is 0 Å². The van der Waals surface area contributed by atoms with E-state index in [1.165, 1.54) is 26.8 Å². The fraction of sp³-hybridized carbons (Fsp3) is 0.471. The number of esters is 3. The highest BCUT2D eigenvalue weighted by molar-refractivity contribution is 6.15. The fourth-order valence-corrected chi connectivity index (χ4v) is 2.34. The van der Waals surface area contributed by atoms with E-state index >= 15 is 0 Å². The van der Waals surface area contributed by atoms with E-state index in [-0.39, 0.29) is 11.1 Å². The molecule has 0 amide bonds. The molecule has 0 saturated carbocycles. The molecule has 0 N–H and O–H groups in total. The van der Waals surface area contributed by atoms with Crippen LogP contribution in [0.2, 0.25) is 0 Å². The molecule has 25 heavy (non-hydrogen) atoms. The van der Waals surface area contributed by atoms with Crippen LogP contribution in [0.15, 0.2) is 35.3 Å². The molecule has 1 unspecified atom stereocenters. The standard InChI is InChI=1S/C17H20O8/c1-5-9-17(4)24-14(20)11(15(21)25-17)8-6-7-10-12(18)22-16(2,3)23-13(10)19/h6-8,20H,5,9H2,1-4H3/p-1. The summed E-state index contributed by atoms with van der Waals surface area (Å²) in [5.41, 5.74) is -0.701. The van der Waals surface area contributed by atoms with Gasteiger partial charge in [0.1, 0.15) is 5.57 Å². The van der Waals surface area contributed by atoms with Crippen molar-refractivity contribution in [3.63, 3.8) is 0 Å². The Balaban J connectivity index is 2.18. The first-order valence-electron chi connectivity index (χ1n) is 7.75. The molecule has 0 spiro atoms. The van der Waals surface area contributed by atoms with E-state index in [1.807, 2.05) is 6.92 Å². The molecule has 2 heterocycles. The number of cyclic esters (lactones) is 3. The Morgan fingerprint density at radius 3 is 2.08 bits per heavy atom. The van der Waals surface area contributed by atoms with Crippen molar-refractivity contribution in [1.29, 1.82) is 0 Å². The van der Waals surface area contributed by atoms with Gasteiger partial charge in [0.25, 0.3) is 5.79 Å². The van der Waals surface area contributed by atoms with Crippen LogP contribution >= 0.6 is 0 Å². The Kier molecular flexibility index (Phi) is 4.92. The number of carbonyl (C=O) groups is 3. The van der Waals surface area contributed by atoms with Gasteiger partial charge in [-0.3, -0.25) is 0 Å². The number of allylic oxidation sites excluding steroid dienone is 2. The van der Waals surface area contributed by atoms with Gasteiger partial charge in [0.2, 0.25) is 0 Å². The molecule has 2 aliphatic heterocycles. The molecule has 1 fully saturated rings. The van der Waals surface area contributed by atoms with Crippen molar-refractivity contribution in [2.75, 3.05) is 0 Å². The first-order chi connectivity index (χ1) is 11.6. The number of hydrogen-bond donors (Lipinski definition) is 0. The molecular weight excluding hydrogens is 332 g/mol. The molecule has 0 radical (unpaired) electrons. The Labute approximate surface area is 144 Å². The zero-order chi connectivity index (χ0) is 18.8. The van der Waals surface area contributed by atoms with Crippen molar-refractivity contribution >= 4 is 17.9 Å². The van der Waals surface area contributed by atoms with E-state index in [2.05, 4.69) is 0 Å². The zero-order valence-electron chi connectivity index (χ0n) is 14.4. The molecule has 2 rings (SSSR count). The summed E-state index contributed by atoms with van der Waals surface area (Å²) < 4.78 is 20.1. The van der Waals surface area contributed by atoms with Gasteiger partial charge in [-0.05, 0) is 25.5 Å². The molecule has 136 valence electrons. The third-order valence-electron chi connectivity index (χ3n) is 3.40. The Hall–Kier alpha value is -2.77. The average molecular weight is 351 g/mol. The first-order valence-corrected chi connectivity index (χ1v) is 7.75. The molecule has 0 aliphatic carbocycles. The lowest BCUT2D eigenvalue weighted by Gasteiger charge is -2.41. The SMILES string of the molecule is CCCC1(C)OC(=O)C(C=CC=C2C(=O)OC(C)(C)OC2=O)=C([O-])O1. The predicted molar refractivity (Wildman–Crippen MR) is 81.0 cm³/mol. The van der Waals surface area contributed by atoms with Crippen LogP contribution in [0.1, 0.15) is 40.5 Å². The van der Waals surface area contributed by atoms with Gasteiger partial charge in [-0.25, -0.2) is 14.4 Å². The van der Waals surface area contributed by atoms with Gasteiger partial charge in [-0.15, -0.1) is 0 Å². The van der Waals surface area contributed by atoms with E-state index in [0.717, 1.165) is 12.2 Å². The number of rotatable bonds is 4. The van der Waals surface area contributed by atoms with Crippen LogP contribution < -0.4 is 5.11 Å². The summed E-state index contributed by atoms with van der Waals surface area (Å²) in [6.07, 6.45) is 4.40. The van der Waals surface area contributed by atoms with Crippen molar-refractivity contribution in [3.8, 4) is 0 Å². The van der Waals surface area contributed by atoms with Crippen LogP contribution in [-0.2, 0) is 33.3 Å². The van der Waals surface area contributed by atoms with Gasteiger partial charge in [0.05, 0.1) is 11.5 Å².